The Morgan fingerprint density at radius 3 is 2.68 bits per heavy atom. The first-order valence-electron chi connectivity index (χ1n) is 5.88. The van der Waals surface area contributed by atoms with Crippen LogP contribution in [0.25, 0.3) is 0 Å². The monoisotopic (exact) mass is 263 g/mol. The molecule has 2 aromatic rings. The van der Waals surface area contributed by atoms with Crippen molar-refractivity contribution in [3.63, 3.8) is 0 Å². The standard InChI is InChI=1S/C12H17N5O2/c1-6(9-7(2)17-19-8(9)3)16-11-10(13)12(18-4)15-5-14-11/h5-6H,13H2,1-4H3,(H,14,15,16). The van der Waals surface area contributed by atoms with Crippen molar-refractivity contribution in [2.75, 3.05) is 18.2 Å². The van der Waals surface area contributed by atoms with Gasteiger partial charge in [0.15, 0.2) is 5.82 Å². The molecule has 1 atom stereocenters. The largest absolute Gasteiger partial charge is 0.479 e. The van der Waals surface area contributed by atoms with Crippen LogP contribution in [0.1, 0.15) is 30.0 Å². The first-order valence-corrected chi connectivity index (χ1v) is 5.88. The number of hydrogen-bond acceptors (Lipinski definition) is 7. The molecule has 7 heteroatoms. The van der Waals surface area contributed by atoms with Gasteiger partial charge in [0.2, 0.25) is 5.88 Å². The van der Waals surface area contributed by atoms with Crippen LogP contribution in [0, 0.1) is 13.8 Å². The lowest BCUT2D eigenvalue weighted by molar-refractivity contribution is 0.392. The Labute approximate surface area is 111 Å². The molecule has 7 nitrogen and oxygen atoms in total. The van der Waals surface area contributed by atoms with Gasteiger partial charge >= 0.3 is 0 Å². The molecule has 0 aliphatic rings. The van der Waals surface area contributed by atoms with Gasteiger partial charge in [-0.05, 0) is 20.8 Å². The second-order valence-corrected chi connectivity index (χ2v) is 4.25. The average Bonchev–Trinajstić information content (AvgIpc) is 2.71. The summed E-state index contributed by atoms with van der Waals surface area (Å²) in [4.78, 5) is 8.05. The zero-order valence-electron chi connectivity index (χ0n) is 11.4. The highest BCUT2D eigenvalue weighted by Gasteiger charge is 2.18. The quantitative estimate of drug-likeness (QED) is 0.868. The molecule has 19 heavy (non-hydrogen) atoms. The molecule has 0 aliphatic heterocycles. The van der Waals surface area contributed by atoms with Gasteiger partial charge in [0.25, 0.3) is 0 Å². The zero-order chi connectivity index (χ0) is 14.0. The SMILES string of the molecule is COc1ncnc(NC(C)c2c(C)noc2C)c1N. The van der Waals surface area contributed by atoms with E-state index in [-0.39, 0.29) is 6.04 Å². The number of ether oxygens (including phenoxy) is 1. The lowest BCUT2D eigenvalue weighted by atomic mass is 10.1. The molecule has 1 unspecified atom stereocenters. The van der Waals surface area contributed by atoms with Gasteiger partial charge in [0.05, 0.1) is 18.8 Å². The fraction of sp³-hybridized carbons (Fsp3) is 0.417. The lowest BCUT2D eigenvalue weighted by Crippen LogP contribution is -2.12. The first kappa shape index (κ1) is 13.1. The van der Waals surface area contributed by atoms with Crippen LogP contribution in [0.4, 0.5) is 11.5 Å². The fourth-order valence-electron chi connectivity index (χ4n) is 2.04. The molecule has 0 bridgehead atoms. The molecule has 2 rings (SSSR count). The molecule has 0 spiro atoms. The van der Waals surface area contributed by atoms with Gasteiger partial charge in [-0.25, -0.2) is 4.98 Å². The molecule has 0 amide bonds. The van der Waals surface area contributed by atoms with Crippen molar-refractivity contribution >= 4 is 11.5 Å². The summed E-state index contributed by atoms with van der Waals surface area (Å²) < 4.78 is 10.2. The molecule has 3 N–H and O–H groups in total. The molecular weight excluding hydrogens is 246 g/mol. The molecular formula is C12H17N5O2. The Kier molecular flexibility index (Phi) is 3.55. The number of nitrogens with zero attached hydrogens (tertiary/aromatic N) is 3. The molecule has 2 heterocycles. The Bertz CT molecular complexity index is 562. The van der Waals surface area contributed by atoms with Crippen LogP contribution < -0.4 is 15.8 Å². The van der Waals surface area contributed by atoms with Crippen molar-refractivity contribution < 1.29 is 9.26 Å². The number of aryl methyl sites for hydroxylation is 2. The van der Waals surface area contributed by atoms with Crippen LogP contribution in [-0.4, -0.2) is 22.2 Å². The topological polar surface area (TPSA) is 99.1 Å². The van der Waals surface area contributed by atoms with E-state index >= 15 is 0 Å². The van der Waals surface area contributed by atoms with Crippen molar-refractivity contribution in [2.24, 2.45) is 0 Å². The molecule has 0 fully saturated rings. The maximum Gasteiger partial charge on any atom is 0.242 e. The second-order valence-electron chi connectivity index (χ2n) is 4.25. The number of nitrogens with two attached hydrogens (primary N) is 1. The predicted octanol–water partition coefficient (Wildman–Crippen LogP) is 1.85. The highest BCUT2D eigenvalue weighted by atomic mass is 16.5. The molecule has 0 saturated carbocycles. The van der Waals surface area contributed by atoms with Crippen molar-refractivity contribution in [1.29, 1.82) is 0 Å². The zero-order valence-corrected chi connectivity index (χ0v) is 11.4. The number of rotatable bonds is 4. The second kappa shape index (κ2) is 5.13. The summed E-state index contributed by atoms with van der Waals surface area (Å²) in [5.74, 6) is 1.65. The Morgan fingerprint density at radius 2 is 2.11 bits per heavy atom. The van der Waals surface area contributed by atoms with Crippen LogP contribution in [0.5, 0.6) is 5.88 Å². The Balaban J connectivity index is 2.27. The van der Waals surface area contributed by atoms with E-state index in [4.69, 9.17) is 15.0 Å². The van der Waals surface area contributed by atoms with Gasteiger partial charge in [-0.2, -0.15) is 4.98 Å². The van der Waals surface area contributed by atoms with Crippen LogP contribution in [0.2, 0.25) is 0 Å². The van der Waals surface area contributed by atoms with Gasteiger partial charge in [0, 0.05) is 5.56 Å². The van der Waals surface area contributed by atoms with Gasteiger partial charge in [-0.15, -0.1) is 0 Å². The maximum atomic E-state index is 5.92. The minimum Gasteiger partial charge on any atom is -0.479 e. The van der Waals surface area contributed by atoms with Crippen molar-refractivity contribution in [3.8, 4) is 5.88 Å². The minimum absolute atomic E-state index is 0.0341. The van der Waals surface area contributed by atoms with Crippen LogP contribution in [-0.2, 0) is 0 Å². The summed E-state index contributed by atoms with van der Waals surface area (Å²) in [6.45, 7) is 5.76. The van der Waals surface area contributed by atoms with Crippen LogP contribution >= 0.6 is 0 Å². The lowest BCUT2D eigenvalue weighted by Gasteiger charge is -2.16. The number of nitrogen functional groups attached to an aromatic ring is 1. The summed E-state index contributed by atoms with van der Waals surface area (Å²) in [5.41, 5.74) is 8.14. The molecule has 0 aromatic carbocycles. The van der Waals surface area contributed by atoms with Gasteiger partial charge in [0.1, 0.15) is 17.8 Å². The van der Waals surface area contributed by atoms with E-state index in [0.717, 1.165) is 17.0 Å². The maximum absolute atomic E-state index is 5.92. The van der Waals surface area contributed by atoms with E-state index < -0.39 is 0 Å². The number of anilines is 2. The van der Waals surface area contributed by atoms with Gasteiger partial charge in [-0.3, -0.25) is 0 Å². The molecule has 102 valence electrons. The van der Waals surface area contributed by atoms with Crippen molar-refractivity contribution in [3.05, 3.63) is 23.3 Å². The number of hydrogen-bond donors (Lipinski definition) is 2. The normalized spacial score (nSPS) is 12.2. The number of aromatic nitrogens is 3. The number of nitrogens with one attached hydrogen (secondary N) is 1. The summed E-state index contributed by atoms with van der Waals surface area (Å²) >= 11 is 0. The summed E-state index contributed by atoms with van der Waals surface area (Å²) in [6.07, 6.45) is 1.40. The van der Waals surface area contributed by atoms with Gasteiger partial charge in [-0.1, -0.05) is 5.16 Å². The van der Waals surface area contributed by atoms with Crippen LogP contribution in [0.3, 0.4) is 0 Å². The molecule has 0 radical (unpaired) electrons. The molecule has 2 aromatic heterocycles. The predicted molar refractivity (Wildman–Crippen MR) is 71.0 cm³/mol. The summed E-state index contributed by atoms with van der Waals surface area (Å²) in [7, 11) is 1.51. The third kappa shape index (κ3) is 2.44. The van der Waals surface area contributed by atoms with E-state index in [1.807, 2.05) is 20.8 Å². The average molecular weight is 263 g/mol. The Hall–Kier alpha value is -2.31. The van der Waals surface area contributed by atoms with E-state index in [1.165, 1.54) is 13.4 Å². The van der Waals surface area contributed by atoms with E-state index in [9.17, 15) is 0 Å². The number of methoxy groups -OCH3 is 1. The first-order chi connectivity index (χ1) is 9.04. The third-order valence-electron chi connectivity index (χ3n) is 2.92. The van der Waals surface area contributed by atoms with E-state index in [0.29, 0.717) is 17.4 Å². The highest BCUT2D eigenvalue weighted by molar-refractivity contribution is 5.67. The fourth-order valence-corrected chi connectivity index (χ4v) is 2.04. The van der Waals surface area contributed by atoms with E-state index in [2.05, 4.69) is 20.4 Å². The summed E-state index contributed by atoms with van der Waals surface area (Å²) in [6, 6.07) is -0.0341. The van der Waals surface area contributed by atoms with Gasteiger partial charge < -0.3 is 20.3 Å². The smallest absolute Gasteiger partial charge is 0.242 e. The minimum atomic E-state index is -0.0341. The van der Waals surface area contributed by atoms with Crippen molar-refractivity contribution in [1.82, 2.24) is 15.1 Å². The third-order valence-corrected chi connectivity index (χ3v) is 2.92. The highest BCUT2D eigenvalue weighted by Crippen LogP contribution is 2.29. The summed E-state index contributed by atoms with van der Waals surface area (Å²) in [5, 5.41) is 7.14. The Morgan fingerprint density at radius 1 is 1.37 bits per heavy atom. The van der Waals surface area contributed by atoms with Crippen LogP contribution in [0.15, 0.2) is 10.9 Å². The van der Waals surface area contributed by atoms with E-state index in [1.54, 1.807) is 0 Å². The molecule has 0 aliphatic carbocycles. The molecule has 0 saturated heterocycles. The van der Waals surface area contributed by atoms with Crippen molar-refractivity contribution in [2.45, 2.75) is 26.8 Å².